The van der Waals surface area contributed by atoms with Gasteiger partial charge in [-0.25, -0.2) is 4.79 Å². The average molecular weight is 277 g/mol. The molecule has 4 nitrogen and oxygen atoms in total. The summed E-state index contributed by atoms with van der Waals surface area (Å²) in [7, 11) is 1.58. The van der Waals surface area contributed by atoms with Crippen LogP contribution >= 0.6 is 0 Å². The fourth-order valence-corrected chi connectivity index (χ4v) is 1.08. The van der Waals surface area contributed by atoms with E-state index in [1.807, 2.05) is 20.8 Å². The minimum Gasteiger partial charge on any atom is -0.497 e. The van der Waals surface area contributed by atoms with Crippen molar-refractivity contribution >= 4 is 6.09 Å². The summed E-state index contributed by atoms with van der Waals surface area (Å²) in [6, 6.07) is 0. The molecule has 20 heavy (non-hydrogen) atoms. The molecule has 0 aliphatic heterocycles. The summed E-state index contributed by atoms with van der Waals surface area (Å²) in [6.45, 7) is 9.52. The second-order valence-electron chi connectivity index (χ2n) is 4.84. The Balaban J connectivity index is 3.90. The van der Waals surface area contributed by atoms with Crippen LogP contribution in [0.2, 0.25) is 0 Å². The standard InChI is InChI=1S/C16H23NO3/c1-6-14(19-5)12-10-8-7-9-11-13-17-15(18)20-16(2,3)4/h6,8,10,12H,1,11,13H2,2-5H3,(H,17,18). The van der Waals surface area contributed by atoms with Gasteiger partial charge in [0.1, 0.15) is 11.4 Å². The second-order valence-corrected chi connectivity index (χ2v) is 4.84. The zero-order chi connectivity index (χ0) is 15.4. The molecular weight excluding hydrogens is 254 g/mol. The minimum absolute atomic E-state index is 0.423. The number of hydrogen-bond acceptors (Lipinski definition) is 3. The monoisotopic (exact) mass is 277 g/mol. The van der Waals surface area contributed by atoms with Crippen molar-refractivity contribution in [1.82, 2.24) is 5.32 Å². The van der Waals surface area contributed by atoms with Gasteiger partial charge in [0.15, 0.2) is 0 Å². The lowest BCUT2D eigenvalue weighted by atomic mass is 10.2. The van der Waals surface area contributed by atoms with Gasteiger partial charge in [0.2, 0.25) is 0 Å². The third-order valence-corrected chi connectivity index (χ3v) is 1.90. The Morgan fingerprint density at radius 3 is 2.65 bits per heavy atom. The maximum absolute atomic E-state index is 11.3. The van der Waals surface area contributed by atoms with E-state index in [-0.39, 0.29) is 0 Å². The SMILES string of the molecule is C=CC(=CC=CC#CCCNC(=O)OC(C)(C)C)OC. The molecule has 0 aliphatic carbocycles. The first-order valence-electron chi connectivity index (χ1n) is 6.37. The van der Waals surface area contributed by atoms with E-state index in [9.17, 15) is 4.79 Å². The number of hydrogen-bond donors (Lipinski definition) is 1. The molecule has 0 bridgehead atoms. The number of carbonyl (C=O) groups is 1. The van der Waals surface area contributed by atoms with Crippen molar-refractivity contribution in [2.45, 2.75) is 32.8 Å². The molecule has 0 aliphatic rings. The van der Waals surface area contributed by atoms with Crippen LogP contribution in [-0.4, -0.2) is 25.3 Å². The molecular formula is C16H23NO3. The molecule has 0 radical (unpaired) electrons. The molecule has 0 aromatic carbocycles. The number of methoxy groups -OCH3 is 1. The van der Waals surface area contributed by atoms with Crippen LogP contribution in [0.15, 0.2) is 36.6 Å². The molecule has 0 spiro atoms. The molecule has 1 amide bonds. The number of ether oxygens (including phenoxy) is 2. The van der Waals surface area contributed by atoms with Crippen LogP contribution in [0.5, 0.6) is 0 Å². The van der Waals surface area contributed by atoms with Crippen LogP contribution in [0.1, 0.15) is 27.2 Å². The Hall–Kier alpha value is -2.15. The molecule has 1 N–H and O–H groups in total. The number of allylic oxidation sites excluding steroid dienone is 4. The van der Waals surface area contributed by atoms with Gasteiger partial charge in [0.05, 0.1) is 7.11 Å². The molecule has 4 heteroatoms. The third-order valence-electron chi connectivity index (χ3n) is 1.90. The Morgan fingerprint density at radius 1 is 1.40 bits per heavy atom. The summed E-state index contributed by atoms with van der Waals surface area (Å²) in [5.41, 5.74) is -0.477. The number of rotatable bonds is 5. The number of alkyl carbamates (subject to hydrolysis) is 1. The average Bonchev–Trinajstić information content (AvgIpc) is 2.35. The molecule has 0 heterocycles. The van der Waals surface area contributed by atoms with Crippen molar-refractivity contribution in [3.05, 3.63) is 36.6 Å². The van der Waals surface area contributed by atoms with Crippen LogP contribution in [-0.2, 0) is 9.47 Å². The molecule has 0 rings (SSSR count). The first-order chi connectivity index (χ1) is 9.39. The van der Waals surface area contributed by atoms with E-state index in [1.165, 1.54) is 0 Å². The predicted molar refractivity (Wildman–Crippen MR) is 81.1 cm³/mol. The summed E-state index contributed by atoms with van der Waals surface area (Å²) in [4.78, 5) is 11.3. The number of nitrogens with one attached hydrogen (secondary N) is 1. The van der Waals surface area contributed by atoms with Gasteiger partial charge in [0, 0.05) is 13.0 Å². The molecule has 0 aromatic rings. The van der Waals surface area contributed by atoms with Gasteiger partial charge in [-0.1, -0.05) is 24.5 Å². The normalized spacial score (nSPS) is 11.5. The Morgan fingerprint density at radius 2 is 2.10 bits per heavy atom. The van der Waals surface area contributed by atoms with E-state index in [2.05, 4.69) is 23.7 Å². The van der Waals surface area contributed by atoms with Gasteiger partial charge in [0.25, 0.3) is 0 Å². The van der Waals surface area contributed by atoms with Gasteiger partial charge in [-0.3, -0.25) is 0 Å². The van der Waals surface area contributed by atoms with Crippen molar-refractivity contribution in [1.29, 1.82) is 0 Å². The van der Waals surface area contributed by atoms with E-state index < -0.39 is 11.7 Å². The lowest BCUT2D eigenvalue weighted by Gasteiger charge is -2.19. The Kier molecular flexibility index (Phi) is 8.69. The van der Waals surface area contributed by atoms with E-state index in [0.29, 0.717) is 18.7 Å². The van der Waals surface area contributed by atoms with Crippen molar-refractivity contribution < 1.29 is 14.3 Å². The summed E-state index contributed by atoms with van der Waals surface area (Å²) in [5.74, 6) is 6.44. The largest absolute Gasteiger partial charge is 0.497 e. The molecule has 0 saturated heterocycles. The second kappa shape index (κ2) is 9.74. The Labute approximate surface area is 121 Å². The molecule has 0 fully saturated rings. The third kappa shape index (κ3) is 11.0. The first-order valence-corrected chi connectivity index (χ1v) is 6.37. The lowest BCUT2D eigenvalue weighted by Crippen LogP contribution is -2.32. The maximum atomic E-state index is 11.3. The van der Waals surface area contributed by atoms with Crippen LogP contribution in [0.3, 0.4) is 0 Å². The first kappa shape index (κ1) is 17.8. The van der Waals surface area contributed by atoms with Crippen LogP contribution < -0.4 is 5.32 Å². The van der Waals surface area contributed by atoms with Gasteiger partial charge < -0.3 is 14.8 Å². The Bertz CT molecular complexity index is 431. The predicted octanol–water partition coefficient (Wildman–Crippen LogP) is 3.18. The summed E-state index contributed by atoms with van der Waals surface area (Å²) >= 11 is 0. The highest BCUT2D eigenvalue weighted by Crippen LogP contribution is 2.06. The van der Waals surface area contributed by atoms with Gasteiger partial charge in [-0.15, -0.1) is 0 Å². The minimum atomic E-state index is -0.477. The molecule has 110 valence electrons. The highest BCUT2D eigenvalue weighted by molar-refractivity contribution is 5.67. The van der Waals surface area contributed by atoms with Crippen LogP contribution in [0.4, 0.5) is 4.79 Å². The van der Waals surface area contributed by atoms with Crippen molar-refractivity contribution in [3.8, 4) is 11.8 Å². The summed E-state index contributed by atoms with van der Waals surface area (Å²) in [6.07, 6.45) is 6.99. The van der Waals surface area contributed by atoms with E-state index in [4.69, 9.17) is 9.47 Å². The molecule has 0 atom stereocenters. The van der Waals surface area contributed by atoms with Crippen molar-refractivity contribution in [2.24, 2.45) is 0 Å². The highest BCUT2D eigenvalue weighted by Gasteiger charge is 2.14. The van der Waals surface area contributed by atoms with E-state index in [1.54, 1.807) is 31.4 Å². The quantitative estimate of drug-likeness (QED) is 0.363. The van der Waals surface area contributed by atoms with E-state index in [0.717, 1.165) is 0 Å². The van der Waals surface area contributed by atoms with Crippen LogP contribution in [0, 0.1) is 11.8 Å². The zero-order valence-electron chi connectivity index (χ0n) is 12.7. The molecule has 0 saturated carbocycles. The maximum Gasteiger partial charge on any atom is 0.407 e. The van der Waals surface area contributed by atoms with Gasteiger partial charge in [-0.05, 0) is 39.0 Å². The zero-order valence-corrected chi connectivity index (χ0v) is 12.7. The van der Waals surface area contributed by atoms with Gasteiger partial charge in [-0.2, -0.15) is 0 Å². The van der Waals surface area contributed by atoms with Crippen molar-refractivity contribution in [2.75, 3.05) is 13.7 Å². The fourth-order valence-electron chi connectivity index (χ4n) is 1.08. The van der Waals surface area contributed by atoms with Gasteiger partial charge >= 0.3 is 6.09 Å². The lowest BCUT2D eigenvalue weighted by molar-refractivity contribution is 0.0529. The van der Waals surface area contributed by atoms with Crippen LogP contribution in [0.25, 0.3) is 0 Å². The number of amides is 1. The highest BCUT2D eigenvalue weighted by atomic mass is 16.6. The fraction of sp³-hybridized carbons (Fsp3) is 0.438. The molecule has 0 aromatic heterocycles. The number of carbonyl (C=O) groups excluding carboxylic acids is 1. The summed E-state index contributed by atoms with van der Waals surface area (Å²) < 4.78 is 10.1. The van der Waals surface area contributed by atoms with Crippen molar-refractivity contribution in [3.63, 3.8) is 0 Å². The smallest absolute Gasteiger partial charge is 0.407 e. The van der Waals surface area contributed by atoms with E-state index >= 15 is 0 Å². The topological polar surface area (TPSA) is 47.6 Å². The molecule has 0 unspecified atom stereocenters. The summed E-state index contributed by atoms with van der Waals surface area (Å²) in [5, 5.41) is 2.63.